The molecule has 0 aromatic rings. The van der Waals surface area contributed by atoms with Gasteiger partial charge in [0.15, 0.2) is 0 Å². The molecule has 0 rings (SSSR count). The molecular weight excluding hydrogens is 176 g/mol. The van der Waals surface area contributed by atoms with Gasteiger partial charge in [-0.1, -0.05) is 6.92 Å². The van der Waals surface area contributed by atoms with E-state index in [9.17, 15) is 14.4 Å². The molecule has 0 aromatic carbocycles. The monoisotopic (exact) mass is 188 g/mol. The van der Waals surface area contributed by atoms with Crippen molar-refractivity contribution in [3.05, 3.63) is 0 Å². The van der Waals surface area contributed by atoms with Crippen molar-refractivity contribution in [2.24, 2.45) is 17.6 Å². The molecule has 13 heavy (non-hydrogen) atoms. The third kappa shape index (κ3) is 3.66. The molecule has 0 bridgehead atoms. The fourth-order valence-corrected chi connectivity index (χ4v) is 0.789. The zero-order valence-electron chi connectivity index (χ0n) is 7.21. The first-order chi connectivity index (χ1) is 6.02. The maximum absolute atomic E-state index is 10.6. The van der Waals surface area contributed by atoms with Gasteiger partial charge >= 0.3 is 0 Å². The molecule has 0 heterocycles. The lowest BCUT2D eigenvalue weighted by molar-refractivity contribution is -0.155. The first-order valence-corrected chi connectivity index (χ1v) is 3.68. The predicted octanol–water partition coefficient (Wildman–Crippen LogP) is -1.23. The van der Waals surface area contributed by atoms with Gasteiger partial charge in [0.2, 0.25) is 12.3 Å². The Hall–Kier alpha value is -1.43. The number of carbonyl (C=O) groups excluding carboxylic acids is 3. The largest absolute Gasteiger partial charge is 0.369 e. The zero-order valence-corrected chi connectivity index (χ0v) is 7.21. The summed E-state index contributed by atoms with van der Waals surface area (Å²) < 4.78 is 0. The second-order valence-corrected chi connectivity index (χ2v) is 2.72. The van der Waals surface area contributed by atoms with Gasteiger partial charge in [-0.3, -0.25) is 14.8 Å². The Labute approximate surface area is 75.3 Å². The average Bonchev–Trinajstić information content (AvgIpc) is 2.12. The molecule has 6 heteroatoms. The summed E-state index contributed by atoms with van der Waals surface area (Å²) in [4.78, 5) is 31.1. The summed E-state index contributed by atoms with van der Waals surface area (Å²) >= 11 is 0. The number of hydrogen-bond acceptors (Lipinski definition) is 4. The highest BCUT2D eigenvalue weighted by Gasteiger charge is 2.23. The first-order valence-electron chi connectivity index (χ1n) is 3.68. The van der Waals surface area contributed by atoms with Crippen LogP contribution >= 0.6 is 0 Å². The summed E-state index contributed by atoms with van der Waals surface area (Å²) in [5, 5.41) is 9.05. The topological polar surface area (TPSA) is 101 Å². The molecule has 2 amide bonds. The van der Waals surface area contributed by atoms with Crippen molar-refractivity contribution in [3.63, 3.8) is 0 Å². The number of carbonyl (C=O) groups is 3. The van der Waals surface area contributed by atoms with Crippen molar-refractivity contribution < 1.29 is 19.6 Å². The van der Waals surface area contributed by atoms with Crippen LogP contribution < -0.4 is 5.73 Å². The lowest BCUT2D eigenvalue weighted by Gasteiger charge is -2.18. The Morgan fingerprint density at radius 1 is 1.62 bits per heavy atom. The van der Waals surface area contributed by atoms with Gasteiger partial charge in [-0.05, 0) is 0 Å². The Morgan fingerprint density at radius 3 is 2.46 bits per heavy atom. The van der Waals surface area contributed by atoms with Gasteiger partial charge in [0.1, 0.15) is 6.29 Å². The number of nitrogens with zero attached hydrogens (tertiary/aromatic N) is 1. The molecule has 0 aromatic heterocycles. The molecular formula is C7H12N2O4. The van der Waals surface area contributed by atoms with Gasteiger partial charge < -0.3 is 10.5 Å². The van der Waals surface area contributed by atoms with Crippen LogP contribution in [-0.4, -0.2) is 35.4 Å². The van der Waals surface area contributed by atoms with Crippen LogP contribution in [0.3, 0.4) is 0 Å². The number of hydrogen-bond donors (Lipinski definition) is 2. The fraction of sp³-hybridized carbons (Fsp3) is 0.571. The van der Waals surface area contributed by atoms with E-state index in [-0.39, 0.29) is 13.0 Å². The zero-order chi connectivity index (χ0) is 10.4. The highest BCUT2D eigenvalue weighted by molar-refractivity contribution is 5.79. The van der Waals surface area contributed by atoms with Crippen LogP contribution in [0.25, 0.3) is 0 Å². The average molecular weight is 188 g/mol. The van der Waals surface area contributed by atoms with Gasteiger partial charge in [0.05, 0.1) is 6.54 Å². The van der Waals surface area contributed by atoms with Crippen molar-refractivity contribution in [3.8, 4) is 0 Å². The van der Waals surface area contributed by atoms with Crippen LogP contribution in [-0.2, 0) is 14.4 Å². The fourth-order valence-electron chi connectivity index (χ4n) is 0.789. The molecule has 0 saturated carbocycles. The van der Waals surface area contributed by atoms with Crippen LogP contribution in [0.2, 0.25) is 0 Å². The summed E-state index contributed by atoms with van der Waals surface area (Å²) in [6.07, 6.45) is 0.645. The maximum Gasteiger partial charge on any atom is 0.233 e. The number of rotatable bonds is 6. The van der Waals surface area contributed by atoms with Gasteiger partial charge in [-0.2, -0.15) is 0 Å². The van der Waals surface area contributed by atoms with E-state index in [1.807, 2.05) is 0 Å². The quantitative estimate of drug-likeness (QED) is 0.309. The van der Waals surface area contributed by atoms with E-state index in [0.717, 1.165) is 0 Å². The van der Waals surface area contributed by atoms with E-state index < -0.39 is 17.7 Å². The summed E-state index contributed by atoms with van der Waals surface area (Å²) in [5.41, 5.74) is 4.94. The SMILES string of the molecule is CC(C(N)=O)C(C=O)CN(O)C=O. The van der Waals surface area contributed by atoms with Crippen LogP contribution in [0.15, 0.2) is 0 Å². The molecule has 2 atom stereocenters. The maximum atomic E-state index is 10.6. The molecule has 0 spiro atoms. The Kier molecular flexibility index (Phi) is 4.68. The van der Waals surface area contributed by atoms with Crippen molar-refractivity contribution in [1.82, 2.24) is 5.06 Å². The van der Waals surface area contributed by atoms with Crippen molar-refractivity contribution >= 4 is 18.6 Å². The minimum atomic E-state index is -0.771. The van der Waals surface area contributed by atoms with E-state index in [0.29, 0.717) is 11.3 Å². The summed E-state index contributed by atoms with van der Waals surface area (Å²) in [7, 11) is 0. The highest BCUT2D eigenvalue weighted by Crippen LogP contribution is 2.08. The Morgan fingerprint density at radius 2 is 2.15 bits per heavy atom. The lowest BCUT2D eigenvalue weighted by atomic mass is 9.95. The molecule has 6 nitrogen and oxygen atoms in total. The van der Waals surface area contributed by atoms with E-state index >= 15 is 0 Å². The molecule has 3 N–H and O–H groups in total. The number of primary amides is 1. The van der Waals surface area contributed by atoms with Gasteiger partial charge in [0.25, 0.3) is 0 Å². The Balaban J connectivity index is 4.25. The summed E-state index contributed by atoms with van der Waals surface area (Å²) in [6.45, 7) is 1.23. The van der Waals surface area contributed by atoms with E-state index in [4.69, 9.17) is 10.9 Å². The number of hydroxylamine groups is 2. The van der Waals surface area contributed by atoms with Gasteiger partial charge in [-0.15, -0.1) is 0 Å². The van der Waals surface area contributed by atoms with E-state index in [1.54, 1.807) is 0 Å². The first kappa shape index (κ1) is 11.6. The molecule has 74 valence electrons. The molecule has 0 aliphatic heterocycles. The minimum Gasteiger partial charge on any atom is -0.369 e. The van der Waals surface area contributed by atoms with Crippen molar-refractivity contribution in [2.45, 2.75) is 6.92 Å². The number of amides is 2. The van der Waals surface area contributed by atoms with Crippen molar-refractivity contribution in [1.29, 1.82) is 0 Å². The van der Waals surface area contributed by atoms with Crippen LogP contribution in [0, 0.1) is 11.8 Å². The molecule has 0 fully saturated rings. The predicted molar refractivity (Wildman–Crippen MR) is 42.5 cm³/mol. The summed E-state index contributed by atoms with van der Waals surface area (Å²) in [5.74, 6) is -2.11. The third-order valence-corrected chi connectivity index (χ3v) is 1.79. The smallest absolute Gasteiger partial charge is 0.233 e. The van der Waals surface area contributed by atoms with Crippen LogP contribution in [0.1, 0.15) is 6.92 Å². The minimum absolute atomic E-state index is 0.157. The lowest BCUT2D eigenvalue weighted by Crippen LogP contribution is -2.35. The molecule has 0 radical (unpaired) electrons. The molecule has 0 saturated heterocycles. The van der Waals surface area contributed by atoms with E-state index in [2.05, 4.69) is 0 Å². The van der Waals surface area contributed by atoms with Crippen molar-refractivity contribution in [2.75, 3.05) is 6.54 Å². The second kappa shape index (κ2) is 5.26. The summed E-state index contributed by atoms with van der Waals surface area (Å²) in [6, 6.07) is 0. The highest BCUT2D eigenvalue weighted by atomic mass is 16.5. The van der Waals surface area contributed by atoms with E-state index in [1.165, 1.54) is 6.92 Å². The van der Waals surface area contributed by atoms with Gasteiger partial charge in [-0.25, -0.2) is 5.06 Å². The normalized spacial score (nSPS) is 14.3. The Bertz CT molecular complexity index is 207. The standard InChI is InChI=1S/C7H12N2O4/c1-5(7(8)12)6(3-10)2-9(13)4-11/h3-6,13H,2H2,1H3,(H2,8,12). The van der Waals surface area contributed by atoms with Gasteiger partial charge in [0, 0.05) is 11.8 Å². The second-order valence-electron chi connectivity index (χ2n) is 2.72. The number of aldehydes is 1. The molecule has 0 aliphatic rings. The van der Waals surface area contributed by atoms with Crippen LogP contribution in [0.4, 0.5) is 0 Å². The van der Waals surface area contributed by atoms with Crippen LogP contribution in [0.5, 0.6) is 0 Å². The molecule has 0 aliphatic carbocycles. The molecule has 2 unspecified atom stereocenters. The number of nitrogens with two attached hydrogens (primary N) is 1. The third-order valence-electron chi connectivity index (χ3n) is 1.79.